The number of phenols is 1. The van der Waals surface area contributed by atoms with Crippen LogP contribution in [0.15, 0.2) is 10.5 Å². The molecule has 0 saturated carbocycles. The Morgan fingerprint density at radius 1 is 1.15 bits per heavy atom. The van der Waals surface area contributed by atoms with Crippen molar-refractivity contribution in [2.75, 3.05) is 0 Å². The number of hydrogen-bond donors (Lipinski definition) is 1. The van der Waals surface area contributed by atoms with E-state index < -0.39 is 0 Å². The van der Waals surface area contributed by atoms with Gasteiger partial charge in [-0.05, 0) is 32.8 Å². The van der Waals surface area contributed by atoms with Crippen LogP contribution >= 0.6 is 15.9 Å². The maximum atomic E-state index is 12.2. The molecule has 2 nitrogen and oxygen atoms in total. The molecule has 0 spiro atoms. The second kappa shape index (κ2) is 5.51. The molecular weight excluding hydrogens is 316 g/mol. The minimum Gasteiger partial charge on any atom is -0.507 e. The van der Waals surface area contributed by atoms with Crippen molar-refractivity contribution in [3.63, 3.8) is 0 Å². The number of phenolic OH excluding ortho intramolecular Hbond substituents is 1. The van der Waals surface area contributed by atoms with E-state index in [0.717, 1.165) is 15.6 Å². The largest absolute Gasteiger partial charge is 0.507 e. The predicted octanol–water partition coefficient (Wildman–Crippen LogP) is 5.34. The van der Waals surface area contributed by atoms with Crippen molar-refractivity contribution in [2.24, 2.45) is 0 Å². The number of carbonyl (C=O) groups excluding carboxylic acids is 1. The molecule has 1 N–H and O–H groups in total. The highest BCUT2D eigenvalue weighted by Gasteiger charge is 2.30. The molecule has 0 amide bonds. The smallest absolute Gasteiger partial charge is 0.163 e. The summed E-state index contributed by atoms with van der Waals surface area (Å²) in [6.07, 6.45) is 0.455. The molecule has 0 heterocycles. The lowest BCUT2D eigenvalue weighted by molar-refractivity contribution is 0.0987. The molecule has 0 atom stereocenters. The van der Waals surface area contributed by atoms with Crippen LogP contribution in [0.3, 0.4) is 0 Å². The molecule has 0 aliphatic carbocycles. The predicted molar refractivity (Wildman–Crippen MR) is 87.8 cm³/mol. The second-order valence-corrected chi connectivity index (χ2v) is 8.08. The first-order valence-electron chi connectivity index (χ1n) is 7.00. The van der Waals surface area contributed by atoms with Crippen LogP contribution in [0.4, 0.5) is 0 Å². The molecule has 0 fully saturated rings. The van der Waals surface area contributed by atoms with Crippen LogP contribution in [0, 0.1) is 0 Å². The van der Waals surface area contributed by atoms with Gasteiger partial charge in [0.2, 0.25) is 0 Å². The van der Waals surface area contributed by atoms with Crippen molar-refractivity contribution >= 4 is 21.7 Å². The van der Waals surface area contributed by atoms with Gasteiger partial charge in [-0.15, -0.1) is 0 Å². The van der Waals surface area contributed by atoms with Gasteiger partial charge in [-0.3, -0.25) is 4.79 Å². The lowest BCUT2D eigenvalue weighted by atomic mass is 9.78. The molecule has 3 heteroatoms. The normalized spacial score (nSPS) is 12.6. The fourth-order valence-corrected chi connectivity index (χ4v) is 3.42. The Hall–Kier alpha value is -0.830. The Kier molecular flexibility index (Phi) is 4.75. The summed E-state index contributed by atoms with van der Waals surface area (Å²) in [6.45, 7) is 14.1. The molecule has 1 aromatic rings. The number of hydrogen-bond acceptors (Lipinski definition) is 2. The zero-order valence-electron chi connectivity index (χ0n) is 13.5. The summed E-state index contributed by atoms with van der Waals surface area (Å²) < 4.78 is 0.724. The van der Waals surface area contributed by atoms with Crippen molar-refractivity contribution in [1.29, 1.82) is 0 Å². The van der Waals surface area contributed by atoms with Gasteiger partial charge in [0.1, 0.15) is 5.75 Å². The van der Waals surface area contributed by atoms with E-state index in [0.29, 0.717) is 17.7 Å². The highest BCUT2D eigenvalue weighted by Crippen LogP contribution is 2.44. The van der Waals surface area contributed by atoms with Gasteiger partial charge in [0.05, 0.1) is 0 Å². The Labute approximate surface area is 130 Å². The van der Waals surface area contributed by atoms with Crippen LogP contribution in [-0.2, 0) is 10.8 Å². The molecule has 0 radical (unpaired) electrons. The van der Waals surface area contributed by atoms with Crippen molar-refractivity contribution in [2.45, 2.75) is 65.7 Å². The molecular formula is C17H25BrO2. The summed E-state index contributed by atoms with van der Waals surface area (Å²) in [4.78, 5) is 12.2. The zero-order chi connectivity index (χ0) is 15.9. The van der Waals surface area contributed by atoms with Gasteiger partial charge in [-0.25, -0.2) is 0 Å². The SMILES string of the molecule is CCC(=O)c1cc(C(C)(C)C)c(O)c(C(C)(C)C)c1Br. The lowest BCUT2D eigenvalue weighted by Gasteiger charge is -2.29. The Balaban J connectivity index is 3.80. The van der Waals surface area contributed by atoms with Gasteiger partial charge in [0.15, 0.2) is 5.78 Å². The topological polar surface area (TPSA) is 37.3 Å². The van der Waals surface area contributed by atoms with E-state index in [2.05, 4.69) is 15.9 Å². The van der Waals surface area contributed by atoms with Crippen LogP contribution in [-0.4, -0.2) is 10.9 Å². The molecule has 0 aliphatic rings. The van der Waals surface area contributed by atoms with Gasteiger partial charge in [0, 0.05) is 27.6 Å². The summed E-state index contributed by atoms with van der Waals surface area (Å²) in [5, 5.41) is 10.7. The molecule has 0 bridgehead atoms. The summed E-state index contributed by atoms with van der Waals surface area (Å²) in [5.41, 5.74) is 1.84. The second-order valence-electron chi connectivity index (χ2n) is 7.29. The molecule has 0 aromatic heterocycles. The van der Waals surface area contributed by atoms with Crippen LogP contribution in [0.5, 0.6) is 5.75 Å². The number of benzene rings is 1. The van der Waals surface area contributed by atoms with Gasteiger partial charge in [0.25, 0.3) is 0 Å². The van der Waals surface area contributed by atoms with E-state index in [1.807, 2.05) is 54.5 Å². The van der Waals surface area contributed by atoms with E-state index in [1.165, 1.54) is 0 Å². The van der Waals surface area contributed by atoms with E-state index in [4.69, 9.17) is 0 Å². The van der Waals surface area contributed by atoms with E-state index in [9.17, 15) is 9.90 Å². The lowest BCUT2D eigenvalue weighted by Crippen LogP contribution is -2.20. The van der Waals surface area contributed by atoms with Crippen LogP contribution in [0.1, 0.15) is 76.4 Å². The summed E-state index contributed by atoms with van der Waals surface area (Å²) in [6, 6.07) is 1.83. The van der Waals surface area contributed by atoms with Crippen molar-refractivity contribution in [3.8, 4) is 5.75 Å². The number of ketones is 1. The maximum Gasteiger partial charge on any atom is 0.163 e. The van der Waals surface area contributed by atoms with Crippen LogP contribution in [0.25, 0.3) is 0 Å². The first kappa shape index (κ1) is 17.2. The minimum absolute atomic E-state index is 0.0906. The van der Waals surface area contributed by atoms with Crippen LogP contribution < -0.4 is 0 Å². The molecule has 20 heavy (non-hydrogen) atoms. The quantitative estimate of drug-likeness (QED) is 0.737. The third kappa shape index (κ3) is 3.25. The summed E-state index contributed by atoms with van der Waals surface area (Å²) in [5.74, 6) is 0.386. The van der Waals surface area contributed by atoms with Gasteiger partial charge in [-0.1, -0.05) is 48.5 Å². The monoisotopic (exact) mass is 340 g/mol. The van der Waals surface area contributed by atoms with Crippen molar-refractivity contribution < 1.29 is 9.90 Å². The van der Waals surface area contributed by atoms with E-state index in [-0.39, 0.29) is 16.6 Å². The first-order valence-corrected chi connectivity index (χ1v) is 7.80. The Bertz CT molecular complexity index is 531. The zero-order valence-corrected chi connectivity index (χ0v) is 15.1. The van der Waals surface area contributed by atoms with E-state index in [1.54, 1.807) is 0 Å². The molecule has 0 saturated heterocycles. The average molecular weight is 341 g/mol. The number of carbonyl (C=O) groups is 1. The highest BCUT2D eigenvalue weighted by atomic mass is 79.9. The standard InChI is InChI=1S/C17H25BrO2/c1-8-12(19)10-9-11(16(2,3)4)15(20)13(14(10)18)17(5,6)7/h9,20H,8H2,1-7H3. The van der Waals surface area contributed by atoms with Crippen molar-refractivity contribution in [1.82, 2.24) is 0 Å². The van der Waals surface area contributed by atoms with Gasteiger partial charge in [-0.2, -0.15) is 0 Å². The van der Waals surface area contributed by atoms with Crippen LogP contribution in [0.2, 0.25) is 0 Å². The molecule has 1 rings (SSSR count). The number of halogens is 1. The molecule has 1 aromatic carbocycles. The Morgan fingerprint density at radius 3 is 2.00 bits per heavy atom. The number of rotatable bonds is 2. The third-order valence-corrected chi connectivity index (χ3v) is 4.24. The maximum absolute atomic E-state index is 12.2. The van der Waals surface area contributed by atoms with Gasteiger partial charge >= 0.3 is 0 Å². The number of Topliss-reactive ketones (excluding diaryl/α,β-unsaturated/α-hetero) is 1. The van der Waals surface area contributed by atoms with Crippen molar-refractivity contribution in [3.05, 3.63) is 27.2 Å². The first-order chi connectivity index (χ1) is 8.91. The Morgan fingerprint density at radius 2 is 1.65 bits per heavy atom. The summed E-state index contributed by atoms with van der Waals surface area (Å²) >= 11 is 3.53. The fraction of sp³-hybridized carbons (Fsp3) is 0.588. The summed E-state index contributed by atoms with van der Waals surface area (Å²) in [7, 11) is 0. The molecule has 0 aliphatic heterocycles. The van der Waals surface area contributed by atoms with Gasteiger partial charge < -0.3 is 5.11 Å². The van der Waals surface area contributed by atoms with E-state index >= 15 is 0 Å². The fourth-order valence-electron chi connectivity index (χ4n) is 2.30. The molecule has 112 valence electrons. The average Bonchev–Trinajstić information content (AvgIpc) is 2.24. The highest BCUT2D eigenvalue weighted by molar-refractivity contribution is 9.10. The third-order valence-electron chi connectivity index (χ3n) is 3.42. The molecule has 0 unspecified atom stereocenters. The minimum atomic E-state index is -0.243. The number of aromatic hydroxyl groups is 1.